The molecule has 1 amide bonds. The molecular weight excluding hydrogens is 344 g/mol. The molecule has 0 atom stereocenters. The van der Waals surface area contributed by atoms with E-state index in [1.165, 1.54) is 10.6 Å². The molecule has 2 N–H and O–H groups in total. The standard InChI is InChI=1S/C16H20N4O4S/c1-25(23,24)19-6-7-20-15(10-19)8-14(18-20)9-17-16(22)13-4-2-12(11-21)3-5-13/h2-5,8,21H,6-7,9-11H2,1H3,(H,17,22). The van der Waals surface area contributed by atoms with E-state index in [4.69, 9.17) is 5.11 Å². The van der Waals surface area contributed by atoms with Crippen LogP contribution in [0.3, 0.4) is 0 Å². The van der Waals surface area contributed by atoms with E-state index in [2.05, 4.69) is 10.4 Å². The zero-order valence-electron chi connectivity index (χ0n) is 13.8. The highest BCUT2D eigenvalue weighted by atomic mass is 32.2. The van der Waals surface area contributed by atoms with Gasteiger partial charge in [-0.25, -0.2) is 8.42 Å². The molecule has 1 aromatic heterocycles. The lowest BCUT2D eigenvalue weighted by atomic mass is 10.1. The summed E-state index contributed by atoms with van der Waals surface area (Å²) < 4.78 is 26.5. The topological polar surface area (TPSA) is 105 Å². The maximum Gasteiger partial charge on any atom is 0.251 e. The van der Waals surface area contributed by atoms with Gasteiger partial charge in [-0.05, 0) is 23.8 Å². The van der Waals surface area contributed by atoms with Crippen LogP contribution < -0.4 is 5.32 Å². The zero-order chi connectivity index (χ0) is 18.0. The molecule has 0 radical (unpaired) electrons. The average Bonchev–Trinajstić information content (AvgIpc) is 3.01. The molecule has 1 aromatic carbocycles. The molecule has 25 heavy (non-hydrogen) atoms. The van der Waals surface area contributed by atoms with Crippen LogP contribution in [-0.2, 0) is 36.3 Å². The Morgan fingerprint density at radius 2 is 2.00 bits per heavy atom. The molecule has 2 aromatic rings. The molecule has 8 nitrogen and oxygen atoms in total. The third kappa shape index (κ3) is 4.06. The van der Waals surface area contributed by atoms with E-state index < -0.39 is 10.0 Å². The Bertz CT molecular complexity index is 874. The summed E-state index contributed by atoms with van der Waals surface area (Å²) in [5.41, 5.74) is 2.75. The number of benzene rings is 1. The van der Waals surface area contributed by atoms with Gasteiger partial charge in [-0.15, -0.1) is 0 Å². The van der Waals surface area contributed by atoms with Gasteiger partial charge in [-0.1, -0.05) is 12.1 Å². The second-order valence-electron chi connectivity index (χ2n) is 5.98. The highest BCUT2D eigenvalue weighted by Gasteiger charge is 2.24. The Balaban J connectivity index is 1.63. The van der Waals surface area contributed by atoms with E-state index in [1.54, 1.807) is 28.9 Å². The monoisotopic (exact) mass is 364 g/mol. The maximum atomic E-state index is 12.1. The number of aliphatic hydroxyl groups is 1. The Kier molecular flexibility index (Phi) is 4.89. The van der Waals surface area contributed by atoms with Crippen LogP contribution in [0.15, 0.2) is 30.3 Å². The van der Waals surface area contributed by atoms with Gasteiger partial charge in [0, 0.05) is 12.1 Å². The Morgan fingerprint density at radius 3 is 2.64 bits per heavy atom. The predicted molar refractivity (Wildman–Crippen MR) is 91.0 cm³/mol. The molecule has 0 saturated carbocycles. The average molecular weight is 364 g/mol. The Hall–Kier alpha value is -2.23. The number of rotatable bonds is 5. The number of hydrogen-bond donors (Lipinski definition) is 2. The van der Waals surface area contributed by atoms with Crippen molar-refractivity contribution < 1.29 is 18.3 Å². The lowest BCUT2D eigenvalue weighted by molar-refractivity contribution is 0.0950. The SMILES string of the molecule is CS(=O)(=O)N1CCn2nc(CNC(=O)c3ccc(CO)cc3)cc2C1. The minimum absolute atomic E-state index is 0.0629. The highest BCUT2D eigenvalue weighted by Crippen LogP contribution is 2.16. The van der Waals surface area contributed by atoms with Crippen molar-refractivity contribution in [3.63, 3.8) is 0 Å². The fourth-order valence-corrected chi connectivity index (χ4v) is 3.49. The third-order valence-electron chi connectivity index (χ3n) is 4.11. The molecular formula is C16H20N4O4S. The van der Waals surface area contributed by atoms with Crippen LogP contribution in [0.1, 0.15) is 27.3 Å². The highest BCUT2D eigenvalue weighted by molar-refractivity contribution is 7.88. The summed E-state index contributed by atoms with van der Waals surface area (Å²) in [6, 6.07) is 8.52. The molecule has 0 saturated heterocycles. The quantitative estimate of drug-likeness (QED) is 0.782. The molecule has 1 aliphatic rings. The normalized spacial score (nSPS) is 15.0. The number of carbonyl (C=O) groups excluding carboxylic acids is 1. The van der Waals surface area contributed by atoms with Gasteiger partial charge >= 0.3 is 0 Å². The van der Waals surface area contributed by atoms with Crippen molar-refractivity contribution in [2.75, 3.05) is 12.8 Å². The largest absolute Gasteiger partial charge is 0.392 e. The van der Waals surface area contributed by atoms with Gasteiger partial charge < -0.3 is 10.4 Å². The molecule has 1 aliphatic heterocycles. The van der Waals surface area contributed by atoms with Gasteiger partial charge in [0.1, 0.15) is 0 Å². The molecule has 0 aliphatic carbocycles. The van der Waals surface area contributed by atoms with Crippen molar-refractivity contribution in [2.45, 2.75) is 26.2 Å². The van der Waals surface area contributed by atoms with E-state index in [9.17, 15) is 13.2 Å². The van der Waals surface area contributed by atoms with Crippen molar-refractivity contribution >= 4 is 15.9 Å². The van der Waals surface area contributed by atoms with Crippen molar-refractivity contribution in [1.29, 1.82) is 0 Å². The van der Waals surface area contributed by atoms with Crippen molar-refractivity contribution in [2.24, 2.45) is 0 Å². The molecule has 9 heteroatoms. The molecule has 3 rings (SSSR count). The summed E-state index contributed by atoms with van der Waals surface area (Å²) in [6.45, 7) is 1.39. The molecule has 0 spiro atoms. The number of fused-ring (bicyclic) bond motifs is 1. The number of nitrogens with one attached hydrogen (secondary N) is 1. The second-order valence-corrected chi connectivity index (χ2v) is 7.97. The number of sulfonamides is 1. The Morgan fingerprint density at radius 1 is 1.28 bits per heavy atom. The fraction of sp³-hybridized carbons (Fsp3) is 0.375. The fourth-order valence-electron chi connectivity index (χ4n) is 2.71. The zero-order valence-corrected chi connectivity index (χ0v) is 14.7. The van der Waals surface area contributed by atoms with E-state index in [0.29, 0.717) is 30.9 Å². The van der Waals surface area contributed by atoms with Crippen LogP contribution in [0, 0.1) is 0 Å². The number of amides is 1. The number of carbonyl (C=O) groups is 1. The van der Waals surface area contributed by atoms with Gasteiger partial charge in [0.25, 0.3) is 5.91 Å². The first kappa shape index (κ1) is 17.6. The van der Waals surface area contributed by atoms with Gasteiger partial charge in [-0.2, -0.15) is 9.40 Å². The molecule has 0 bridgehead atoms. The minimum atomic E-state index is -3.22. The van der Waals surface area contributed by atoms with Crippen molar-refractivity contribution in [3.05, 3.63) is 52.8 Å². The van der Waals surface area contributed by atoms with Crippen LogP contribution >= 0.6 is 0 Å². The van der Waals surface area contributed by atoms with Crippen LogP contribution in [0.2, 0.25) is 0 Å². The van der Waals surface area contributed by atoms with Gasteiger partial charge in [0.05, 0.1) is 43.9 Å². The molecule has 0 unspecified atom stereocenters. The van der Waals surface area contributed by atoms with E-state index in [0.717, 1.165) is 11.3 Å². The lowest BCUT2D eigenvalue weighted by Crippen LogP contribution is -2.37. The lowest BCUT2D eigenvalue weighted by Gasteiger charge is -2.25. The Labute approximate surface area is 146 Å². The van der Waals surface area contributed by atoms with Gasteiger partial charge in [0.15, 0.2) is 0 Å². The van der Waals surface area contributed by atoms with E-state index in [1.807, 2.05) is 6.07 Å². The maximum absolute atomic E-state index is 12.1. The number of hydrogen-bond acceptors (Lipinski definition) is 5. The first-order valence-electron chi connectivity index (χ1n) is 7.85. The smallest absolute Gasteiger partial charge is 0.251 e. The summed E-state index contributed by atoms with van der Waals surface area (Å²) in [7, 11) is -3.22. The summed E-state index contributed by atoms with van der Waals surface area (Å²) >= 11 is 0. The first-order valence-corrected chi connectivity index (χ1v) is 9.70. The first-order chi connectivity index (χ1) is 11.9. The van der Waals surface area contributed by atoms with Crippen LogP contribution in [-0.4, -0.2) is 46.3 Å². The van der Waals surface area contributed by atoms with Gasteiger partial charge in [0.2, 0.25) is 10.0 Å². The molecule has 134 valence electrons. The van der Waals surface area contributed by atoms with Crippen molar-refractivity contribution in [1.82, 2.24) is 19.4 Å². The third-order valence-corrected chi connectivity index (χ3v) is 5.36. The van der Waals surface area contributed by atoms with Crippen molar-refractivity contribution in [3.8, 4) is 0 Å². The summed E-state index contributed by atoms with van der Waals surface area (Å²) in [5.74, 6) is -0.228. The molecule has 0 fully saturated rings. The summed E-state index contributed by atoms with van der Waals surface area (Å²) in [4.78, 5) is 12.1. The number of aliphatic hydroxyl groups excluding tert-OH is 1. The number of nitrogens with zero attached hydrogens (tertiary/aromatic N) is 3. The second kappa shape index (κ2) is 6.95. The minimum Gasteiger partial charge on any atom is -0.392 e. The molecule has 2 heterocycles. The van der Waals surface area contributed by atoms with Crippen LogP contribution in [0.25, 0.3) is 0 Å². The van der Waals surface area contributed by atoms with Crippen LogP contribution in [0.4, 0.5) is 0 Å². The summed E-state index contributed by atoms with van der Waals surface area (Å²) in [5, 5.41) is 16.2. The van der Waals surface area contributed by atoms with Gasteiger partial charge in [-0.3, -0.25) is 9.48 Å². The van der Waals surface area contributed by atoms with Crippen LogP contribution in [0.5, 0.6) is 0 Å². The summed E-state index contributed by atoms with van der Waals surface area (Å²) in [6.07, 6.45) is 1.20. The number of aromatic nitrogens is 2. The van der Waals surface area contributed by atoms with E-state index >= 15 is 0 Å². The van der Waals surface area contributed by atoms with E-state index in [-0.39, 0.29) is 19.1 Å². The predicted octanol–water partition coefficient (Wildman–Crippen LogP) is 0.0806.